The quantitative estimate of drug-likeness (QED) is 0.572. The summed E-state index contributed by atoms with van der Waals surface area (Å²) < 4.78 is 5.02. The second-order valence-corrected chi connectivity index (χ2v) is 3.84. The Morgan fingerprint density at radius 1 is 1.55 bits per heavy atom. The van der Waals surface area contributed by atoms with E-state index in [0.717, 1.165) is 18.8 Å². The third kappa shape index (κ3) is 0.832. The Hall–Kier alpha value is -0.730. The van der Waals surface area contributed by atoms with E-state index in [9.17, 15) is 4.79 Å². The number of carbonyl (C=O) groups is 1. The molecule has 1 spiro atoms. The van der Waals surface area contributed by atoms with Crippen LogP contribution in [-0.4, -0.2) is 17.7 Å². The Kier molecular flexibility index (Phi) is 1.20. The van der Waals surface area contributed by atoms with Crippen molar-refractivity contribution in [1.29, 1.82) is 0 Å². The van der Waals surface area contributed by atoms with Crippen LogP contribution in [0.25, 0.3) is 0 Å². The van der Waals surface area contributed by atoms with Crippen molar-refractivity contribution in [3.05, 3.63) is 0 Å². The van der Waals surface area contributed by atoms with Gasteiger partial charge in [-0.2, -0.15) is 0 Å². The van der Waals surface area contributed by atoms with Crippen LogP contribution in [0.15, 0.2) is 0 Å². The Labute approximate surface area is 66.1 Å². The molecule has 2 fully saturated rings. The second kappa shape index (κ2) is 1.90. The summed E-state index contributed by atoms with van der Waals surface area (Å²) in [7, 11) is 0. The van der Waals surface area contributed by atoms with Gasteiger partial charge >= 0.3 is 6.09 Å². The van der Waals surface area contributed by atoms with Crippen molar-refractivity contribution >= 4 is 6.09 Å². The first-order valence-corrected chi connectivity index (χ1v) is 4.11. The zero-order chi connectivity index (χ0) is 8.06. The van der Waals surface area contributed by atoms with E-state index in [1.54, 1.807) is 0 Å². The second-order valence-electron chi connectivity index (χ2n) is 3.84. The van der Waals surface area contributed by atoms with Gasteiger partial charge in [0.05, 0.1) is 5.54 Å². The van der Waals surface area contributed by atoms with Crippen molar-refractivity contribution < 1.29 is 9.53 Å². The molecule has 1 atom stereocenters. The van der Waals surface area contributed by atoms with Crippen LogP contribution < -0.4 is 5.32 Å². The van der Waals surface area contributed by atoms with Gasteiger partial charge in [0.2, 0.25) is 0 Å². The Balaban J connectivity index is 2.10. The molecule has 1 amide bonds. The van der Waals surface area contributed by atoms with Gasteiger partial charge < -0.3 is 10.1 Å². The minimum absolute atomic E-state index is 0.00347. The van der Waals surface area contributed by atoms with Crippen molar-refractivity contribution in [2.75, 3.05) is 0 Å². The number of hydrogen-bond acceptors (Lipinski definition) is 2. The molecule has 2 aliphatic rings. The van der Waals surface area contributed by atoms with Gasteiger partial charge in [0, 0.05) is 0 Å². The summed E-state index contributed by atoms with van der Waals surface area (Å²) in [4.78, 5) is 10.8. The number of cyclic esters (lactones) is 1. The first-order chi connectivity index (χ1) is 5.12. The third-order valence-corrected chi connectivity index (χ3v) is 2.84. The van der Waals surface area contributed by atoms with Crippen LogP contribution in [0.2, 0.25) is 0 Å². The molecule has 1 saturated heterocycles. The topological polar surface area (TPSA) is 38.3 Å². The monoisotopic (exact) mass is 155 g/mol. The van der Waals surface area contributed by atoms with E-state index < -0.39 is 0 Å². The molecule has 3 heteroatoms. The Bertz CT molecular complexity index is 196. The molecule has 0 bridgehead atoms. The van der Waals surface area contributed by atoms with E-state index in [-0.39, 0.29) is 17.7 Å². The number of alkyl carbamates (subject to hydrolysis) is 1. The summed E-state index contributed by atoms with van der Waals surface area (Å²) in [6.07, 6.45) is 1.95. The van der Waals surface area contributed by atoms with E-state index in [0.29, 0.717) is 0 Å². The average molecular weight is 155 g/mol. The van der Waals surface area contributed by atoms with Crippen LogP contribution in [0.5, 0.6) is 0 Å². The van der Waals surface area contributed by atoms with Crippen molar-refractivity contribution in [2.45, 2.75) is 38.3 Å². The zero-order valence-corrected chi connectivity index (χ0v) is 6.89. The Morgan fingerprint density at radius 2 is 2.18 bits per heavy atom. The summed E-state index contributed by atoms with van der Waals surface area (Å²) >= 11 is 0. The van der Waals surface area contributed by atoms with Crippen LogP contribution in [0, 0.1) is 5.92 Å². The first-order valence-electron chi connectivity index (χ1n) is 4.11. The van der Waals surface area contributed by atoms with Gasteiger partial charge in [0.15, 0.2) is 0 Å². The van der Waals surface area contributed by atoms with Gasteiger partial charge in [-0.15, -0.1) is 0 Å². The molecule has 1 aliphatic heterocycles. The van der Waals surface area contributed by atoms with E-state index in [4.69, 9.17) is 4.74 Å². The average Bonchev–Trinajstić information content (AvgIpc) is 2.06. The lowest BCUT2D eigenvalue weighted by molar-refractivity contribution is 0.0517. The molecule has 1 saturated carbocycles. The van der Waals surface area contributed by atoms with Crippen LogP contribution in [0.1, 0.15) is 26.7 Å². The maximum atomic E-state index is 10.8. The summed E-state index contributed by atoms with van der Waals surface area (Å²) in [5.74, 6) is 0.736. The standard InChI is InChI=1S/C8H13NO2/c1-5-3-8(4-5)6(2)11-7(10)9-8/h5-6H,3-4H2,1-2H3,(H,9,10)/t5-,6-,8+/m1/s1. The smallest absolute Gasteiger partial charge is 0.408 e. The van der Waals surface area contributed by atoms with Gasteiger partial charge in [0.25, 0.3) is 0 Å². The van der Waals surface area contributed by atoms with Gasteiger partial charge in [-0.05, 0) is 25.7 Å². The number of hydrogen-bond donors (Lipinski definition) is 1. The van der Waals surface area contributed by atoms with Crippen LogP contribution in [0.4, 0.5) is 4.79 Å². The highest BCUT2D eigenvalue weighted by atomic mass is 16.6. The normalized spacial score (nSPS) is 48.4. The molecule has 3 nitrogen and oxygen atoms in total. The molecular weight excluding hydrogens is 142 g/mol. The minimum atomic E-state index is -0.246. The SMILES string of the molecule is C[C@H]1OC(=O)N[C@]12C[C@@H](C)C2. The molecule has 0 aromatic carbocycles. The van der Waals surface area contributed by atoms with E-state index in [1.165, 1.54) is 0 Å². The lowest BCUT2D eigenvalue weighted by Gasteiger charge is -2.44. The fraction of sp³-hybridized carbons (Fsp3) is 0.875. The molecule has 0 unspecified atom stereocenters. The third-order valence-electron chi connectivity index (χ3n) is 2.84. The minimum Gasteiger partial charge on any atom is -0.444 e. The molecule has 1 heterocycles. The number of rotatable bonds is 0. The molecule has 0 aromatic heterocycles. The molecule has 0 radical (unpaired) electrons. The maximum absolute atomic E-state index is 10.8. The summed E-state index contributed by atoms with van der Waals surface area (Å²) in [5.41, 5.74) is -0.00347. The largest absolute Gasteiger partial charge is 0.444 e. The number of carbonyl (C=O) groups excluding carboxylic acids is 1. The highest BCUT2D eigenvalue weighted by Gasteiger charge is 2.53. The predicted molar refractivity (Wildman–Crippen MR) is 40.2 cm³/mol. The molecular formula is C8H13NO2. The number of nitrogens with one attached hydrogen (secondary N) is 1. The van der Waals surface area contributed by atoms with Crippen LogP contribution in [-0.2, 0) is 4.74 Å². The van der Waals surface area contributed by atoms with Crippen LogP contribution >= 0.6 is 0 Å². The number of amides is 1. The molecule has 2 rings (SSSR count). The fourth-order valence-electron chi connectivity index (χ4n) is 2.23. The van der Waals surface area contributed by atoms with Gasteiger partial charge in [-0.1, -0.05) is 6.92 Å². The molecule has 1 aliphatic carbocycles. The summed E-state index contributed by atoms with van der Waals surface area (Å²) in [6, 6.07) is 0. The van der Waals surface area contributed by atoms with E-state index in [2.05, 4.69) is 12.2 Å². The lowest BCUT2D eigenvalue weighted by atomic mass is 9.67. The summed E-state index contributed by atoms with van der Waals surface area (Å²) in [5, 5.41) is 2.89. The first kappa shape index (κ1) is 6.95. The zero-order valence-electron chi connectivity index (χ0n) is 6.89. The van der Waals surface area contributed by atoms with Gasteiger partial charge in [-0.25, -0.2) is 4.79 Å². The lowest BCUT2D eigenvalue weighted by Crippen LogP contribution is -2.56. The Morgan fingerprint density at radius 3 is 2.55 bits per heavy atom. The van der Waals surface area contributed by atoms with E-state index >= 15 is 0 Å². The maximum Gasteiger partial charge on any atom is 0.408 e. The van der Waals surface area contributed by atoms with Gasteiger partial charge in [0.1, 0.15) is 6.10 Å². The molecule has 62 valence electrons. The van der Waals surface area contributed by atoms with Crippen molar-refractivity contribution in [1.82, 2.24) is 5.32 Å². The predicted octanol–water partition coefficient (Wildman–Crippen LogP) is 1.28. The summed E-state index contributed by atoms with van der Waals surface area (Å²) in [6.45, 7) is 4.16. The molecule has 0 aromatic rings. The van der Waals surface area contributed by atoms with Crippen molar-refractivity contribution in [3.8, 4) is 0 Å². The van der Waals surface area contributed by atoms with E-state index in [1.807, 2.05) is 6.92 Å². The highest BCUT2D eigenvalue weighted by Crippen LogP contribution is 2.43. The highest BCUT2D eigenvalue weighted by molar-refractivity contribution is 5.71. The fourth-order valence-corrected chi connectivity index (χ4v) is 2.23. The van der Waals surface area contributed by atoms with Crippen molar-refractivity contribution in [3.63, 3.8) is 0 Å². The molecule has 1 N–H and O–H groups in total. The number of ether oxygens (including phenoxy) is 1. The van der Waals surface area contributed by atoms with Crippen molar-refractivity contribution in [2.24, 2.45) is 5.92 Å². The van der Waals surface area contributed by atoms with Gasteiger partial charge in [-0.3, -0.25) is 0 Å². The van der Waals surface area contributed by atoms with Crippen LogP contribution in [0.3, 0.4) is 0 Å². The molecule has 11 heavy (non-hydrogen) atoms.